The number of unbranched alkanes of at least 4 members (excludes halogenated alkanes) is 1. The quantitative estimate of drug-likeness (QED) is 0.817. The van der Waals surface area contributed by atoms with Crippen LogP contribution in [0.5, 0.6) is 0 Å². The molecule has 0 aromatic carbocycles. The Labute approximate surface area is 111 Å². The van der Waals surface area contributed by atoms with Gasteiger partial charge in [-0.05, 0) is 29.7 Å². The zero-order valence-corrected chi connectivity index (χ0v) is 11.0. The Morgan fingerprint density at radius 1 is 1.21 bits per heavy atom. The lowest BCUT2D eigenvalue weighted by molar-refractivity contribution is 0.505. The Morgan fingerprint density at radius 2 is 2.05 bits per heavy atom. The molecule has 0 atom stereocenters. The fraction of sp³-hybridized carbons (Fsp3) is 0.727. The van der Waals surface area contributed by atoms with Gasteiger partial charge in [-0.3, -0.25) is 0 Å². The van der Waals surface area contributed by atoms with E-state index in [0.29, 0.717) is 18.3 Å². The van der Waals surface area contributed by atoms with Crippen molar-refractivity contribution < 1.29 is 0 Å². The average Bonchev–Trinajstić information content (AvgIpc) is 3.04. The average molecular weight is 262 g/mol. The van der Waals surface area contributed by atoms with E-state index in [1.165, 1.54) is 12.8 Å². The van der Waals surface area contributed by atoms with E-state index in [1.807, 2.05) is 9.36 Å². The van der Waals surface area contributed by atoms with Crippen LogP contribution in [-0.2, 0) is 13.1 Å². The van der Waals surface area contributed by atoms with Crippen LogP contribution in [0, 0.1) is 0 Å². The number of aryl methyl sites for hydroxylation is 1. The minimum atomic E-state index is 0.509. The summed E-state index contributed by atoms with van der Waals surface area (Å²) in [4.78, 5) is 0. The minimum Gasteiger partial charge on any atom is -0.381 e. The summed E-state index contributed by atoms with van der Waals surface area (Å²) in [6.45, 7) is 3.52. The molecule has 1 aliphatic rings. The molecule has 2 heterocycles. The van der Waals surface area contributed by atoms with Gasteiger partial charge in [0.05, 0.1) is 5.69 Å². The smallest absolute Gasteiger partial charge is 0.172 e. The molecule has 8 heteroatoms. The first-order valence-electron chi connectivity index (χ1n) is 6.73. The molecule has 102 valence electrons. The van der Waals surface area contributed by atoms with Crippen LogP contribution in [0.1, 0.15) is 50.0 Å². The van der Waals surface area contributed by atoms with Crippen molar-refractivity contribution >= 4 is 5.82 Å². The number of nitrogens with zero attached hydrogens (tertiary/aromatic N) is 7. The first kappa shape index (κ1) is 12.1. The van der Waals surface area contributed by atoms with Crippen LogP contribution in [0.15, 0.2) is 0 Å². The van der Waals surface area contributed by atoms with Crippen molar-refractivity contribution in [3.8, 4) is 0 Å². The van der Waals surface area contributed by atoms with Gasteiger partial charge in [-0.1, -0.05) is 18.6 Å². The summed E-state index contributed by atoms with van der Waals surface area (Å²) >= 11 is 0. The molecule has 0 radical (unpaired) electrons. The van der Waals surface area contributed by atoms with Crippen molar-refractivity contribution in [2.24, 2.45) is 0 Å². The summed E-state index contributed by atoms with van der Waals surface area (Å²) in [5.74, 6) is 1.85. The summed E-state index contributed by atoms with van der Waals surface area (Å²) in [6, 6.07) is 0. The highest BCUT2D eigenvalue weighted by Gasteiger charge is 2.31. The highest BCUT2D eigenvalue weighted by atomic mass is 15.6. The molecular weight excluding hydrogens is 244 g/mol. The number of hydrogen-bond donors (Lipinski definition) is 1. The Bertz CT molecular complexity index is 553. The van der Waals surface area contributed by atoms with E-state index in [4.69, 9.17) is 5.73 Å². The second-order valence-corrected chi connectivity index (χ2v) is 4.96. The van der Waals surface area contributed by atoms with E-state index in [0.717, 1.165) is 30.9 Å². The molecule has 0 spiro atoms. The lowest BCUT2D eigenvalue weighted by atomic mass is 10.3. The second-order valence-electron chi connectivity index (χ2n) is 4.96. The predicted octanol–water partition coefficient (Wildman–Crippen LogP) is 0.573. The van der Waals surface area contributed by atoms with E-state index < -0.39 is 0 Å². The third kappa shape index (κ3) is 2.42. The first-order chi connectivity index (χ1) is 9.29. The molecular formula is C11H18N8. The summed E-state index contributed by atoms with van der Waals surface area (Å²) in [7, 11) is 0. The third-order valence-electron chi connectivity index (χ3n) is 3.39. The van der Waals surface area contributed by atoms with Gasteiger partial charge in [-0.15, -0.1) is 10.2 Å². The van der Waals surface area contributed by atoms with Crippen molar-refractivity contribution in [2.45, 2.75) is 51.6 Å². The Hall–Kier alpha value is -1.99. The summed E-state index contributed by atoms with van der Waals surface area (Å²) < 4.78 is 3.67. The van der Waals surface area contributed by atoms with Crippen LogP contribution in [0.2, 0.25) is 0 Å². The summed E-state index contributed by atoms with van der Waals surface area (Å²) in [5, 5.41) is 19.9. The van der Waals surface area contributed by atoms with Gasteiger partial charge >= 0.3 is 0 Å². The van der Waals surface area contributed by atoms with Crippen molar-refractivity contribution in [1.29, 1.82) is 0 Å². The number of nitrogens with two attached hydrogens (primary N) is 1. The van der Waals surface area contributed by atoms with E-state index in [2.05, 4.69) is 32.8 Å². The zero-order valence-electron chi connectivity index (χ0n) is 11.0. The molecule has 19 heavy (non-hydrogen) atoms. The lowest BCUT2D eigenvalue weighted by Crippen LogP contribution is -2.13. The normalized spacial score (nSPS) is 15.0. The maximum absolute atomic E-state index is 5.88. The van der Waals surface area contributed by atoms with Gasteiger partial charge in [0.25, 0.3) is 0 Å². The van der Waals surface area contributed by atoms with Crippen LogP contribution in [0.4, 0.5) is 5.82 Å². The van der Waals surface area contributed by atoms with Crippen molar-refractivity contribution in [3.63, 3.8) is 0 Å². The highest BCUT2D eigenvalue weighted by Crippen LogP contribution is 2.41. The van der Waals surface area contributed by atoms with Gasteiger partial charge in [0, 0.05) is 12.5 Å². The monoisotopic (exact) mass is 262 g/mol. The summed E-state index contributed by atoms with van der Waals surface area (Å²) in [6.07, 6.45) is 4.51. The van der Waals surface area contributed by atoms with Gasteiger partial charge in [0.15, 0.2) is 11.6 Å². The molecule has 2 aromatic rings. The molecule has 1 aliphatic carbocycles. The van der Waals surface area contributed by atoms with E-state index >= 15 is 0 Å². The van der Waals surface area contributed by atoms with Crippen LogP contribution in [0.25, 0.3) is 0 Å². The number of tetrazole rings is 1. The molecule has 1 fully saturated rings. The van der Waals surface area contributed by atoms with E-state index in [1.54, 1.807) is 0 Å². The molecule has 0 bridgehead atoms. The Kier molecular flexibility index (Phi) is 3.14. The molecule has 3 rings (SSSR count). The molecule has 0 aliphatic heterocycles. The molecule has 1 saturated carbocycles. The maximum Gasteiger partial charge on any atom is 0.172 e. The number of hydrogen-bond acceptors (Lipinski definition) is 6. The molecule has 2 N–H and O–H groups in total. The number of nitrogen functional groups attached to an aromatic ring is 1. The minimum absolute atomic E-state index is 0.509. The molecule has 0 unspecified atom stereocenters. The van der Waals surface area contributed by atoms with Crippen LogP contribution < -0.4 is 5.73 Å². The van der Waals surface area contributed by atoms with Gasteiger partial charge in [-0.25, -0.2) is 9.36 Å². The predicted molar refractivity (Wildman–Crippen MR) is 68.2 cm³/mol. The van der Waals surface area contributed by atoms with Crippen molar-refractivity contribution in [1.82, 2.24) is 35.2 Å². The second kappa shape index (κ2) is 4.94. The van der Waals surface area contributed by atoms with Gasteiger partial charge in [-0.2, -0.15) is 0 Å². The fourth-order valence-corrected chi connectivity index (χ4v) is 2.18. The van der Waals surface area contributed by atoms with Gasteiger partial charge in [0.2, 0.25) is 0 Å². The van der Waals surface area contributed by atoms with E-state index in [9.17, 15) is 0 Å². The zero-order chi connectivity index (χ0) is 13.2. The largest absolute Gasteiger partial charge is 0.381 e. The fourth-order valence-electron chi connectivity index (χ4n) is 2.18. The Balaban J connectivity index is 1.79. The first-order valence-corrected chi connectivity index (χ1v) is 6.73. The molecule has 0 saturated heterocycles. The van der Waals surface area contributed by atoms with Crippen LogP contribution in [0.3, 0.4) is 0 Å². The lowest BCUT2D eigenvalue weighted by Gasteiger charge is -2.06. The van der Waals surface area contributed by atoms with Crippen molar-refractivity contribution in [3.05, 3.63) is 11.5 Å². The third-order valence-corrected chi connectivity index (χ3v) is 3.39. The standard InChI is InChI=1S/C11H18N8/c1-2-3-6-18-9(13-15-17-18)7-19-10(8-4-5-8)11(12)14-16-19/h8H,2-7,12H2,1H3. The summed E-state index contributed by atoms with van der Waals surface area (Å²) in [5.41, 5.74) is 6.91. The molecule has 2 aromatic heterocycles. The SMILES string of the molecule is CCCCn1nnnc1Cn1nnc(N)c1C1CC1. The molecule has 0 amide bonds. The number of anilines is 1. The number of aromatic nitrogens is 7. The number of rotatable bonds is 6. The van der Waals surface area contributed by atoms with Crippen LogP contribution in [-0.4, -0.2) is 35.2 Å². The van der Waals surface area contributed by atoms with Gasteiger partial charge in [0.1, 0.15) is 6.54 Å². The Morgan fingerprint density at radius 3 is 2.79 bits per heavy atom. The van der Waals surface area contributed by atoms with E-state index in [-0.39, 0.29) is 0 Å². The van der Waals surface area contributed by atoms with Crippen LogP contribution >= 0.6 is 0 Å². The molecule has 8 nitrogen and oxygen atoms in total. The van der Waals surface area contributed by atoms with Gasteiger partial charge < -0.3 is 5.73 Å². The highest BCUT2D eigenvalue weighted by molar-refractivity contribution is 5.38. The maximum atomic E-state index is 5.88. The topological polar surface area (TPSA) is 100 Å². The van der Waals surface area contributed by atoms with Crippen molar-refractivity contribution in [2.75, 3.05) is 5.73 Å².